The van der Waals surface area contributed by atoms with Gasteiger partial charge in [0, 0.05) is 19.5 Å². The molecule has 0 spiro atoms. The van der Waals surface area contributed by atoms with Crippen molar-refractivity contribution in [3.05, 3.63) is 0 Å². The van der Waals surface area contributed by atoms with Gasteiger partial charge in [-0.2, -0.15) is 0 Å². The van der Waals surface area contributed by atoms with Crippen molar-refractivity contribution in [2.75, 3.05) is 13.1 Å². The number of hydrogen-bond acceptors (Lipinski definition) is 3. The van der Waals surface area contributed by atoms with Crippen LogP contribution in [-0.2, 0) is 4.79 Å². The van der Waals surface area contributed by atoms with Gasteiger partial charge in [-0.05, 0) is 12.8 Å². The number of unbranched alkanes of at least 4 members (excludes halogenated alkanes) is 7. The Hall–Kier alpha value is -0.610. The van der Waals surface area contributed by atoms with E-state index in [9.17, 15) is 4.79 Å². The Kier molecular flexibility index (Phi) is 12.4. The van der Waals surface area contributed by atoms with Crippen molar-refractivity contribution in [3.63, 3.8) is 0 Å². The van der Waals surface area contributed by atoms with Crippen LogP contribution in [0, 0.1) is 0 Å². The van der Waals surface area contributed by atoms with E-state index < -0.39 is 0 Å². The van der Waals surface area contributed by atoms with Gasteiger partial charge in [0.1, 0.15) is 0 Å². The van der Waals surface area contributed by atoms with Gasteiger partial charge in [-0.25, -0.2) is 0 Å². The number of hydrogen-bond donors (Lipinski definition) is 2. The molecule has 0 aliphatic carbocycles. The first-order valence-electron chi connectivity index (χ1n) is 7.45. The van der Waals surface area contributed by atoms with Gasteiger partial charge in [-0.3, -0.25) is 16.5 Å². The largest absolute Gasteiger partial charge is 0.343 e. The predicted octanol–water partition coefficient (Wildman–Crippen LogP) is 2.57. The third-order valence-corrected chi connectivity index (χ3v) is 3.45. The molecular formula is C14H31N3O. The summed E-state index contributed by atoms with van der Waals surface area (Å²) < 4.78 is 0. The molecule has 1 amide bonds. The van der Waals surface area contributed by atoms with Crippen molar-refractivity contribution >= 4 is 5.91 Å². The van der Waals surface area contributed by atoms with Crippen LogP contribution in [-0.4, -0.2) is 23.9 Å². The van der Waals surface area contributed by atoms with Crippen LogP contribution in [0.2, 0.25) is 0 Å². The van der Waals surface area contributed by atoms with Gasteiger partial charge in [0.25, 0.3) is 0 Å². The van der Waals surface area contributed by atoms with Gasteiger partial charge in [-0.15, -0.1) is 0 Å². The molecule has 0 atom stereocenters. The fourth-order valence-corrected chi connectivity index (χ4v) is 2.38. The first-order valence-corrected chi connectivity index (χ1v) is 7.45. The molecule has 0 bridgehead atoms. The topological polar surface area (TPSA) is 72.3 Å². The zero-order valence-corrected chi connectivity index (χ0v) is 12.0. The minimum Gasteiger partial charge on any atom is -0.343 e. The van der Waals surface area contributed by atoms with E-state index in [1.54, 1.807) is 0 Å². The van der Waals surface area contributed by atoms with E-state index in [0.717, 1.165) is 25.9 Å². The van der Waals surface area contributed by atoms with E-state index in [0.29, 0.717) is 5.91 Å². The maximum atomic E-state index is 11.3. The Morgan fingerprint density at radius 1 is 1.00 bits per heavy atom. The van der Waals surface area contributed by atoms with Crippen LogP contribution in [0.5, 0.6) is 0 Å². The van der Waals surface area contributed by atoms with Crippen LogP contribution >= 0.6 is 0 Å². The number of carbonyl (C=O) groups excluding carboxylic acids is 1. The molecule has 0 aromatic carbocycles. The highest BCUT2D eigenvalue weighted by Crippen LogP contribution is 2.12. The van der Waals surface area contributed by atoms with Crippen molar-refractivity contribution in [2.45, 2.75) is 71.1 Å². The summed E-state index contributed by atoms with van der Waals surface area (Å²) in [4.78, 5) is 13.4. The molecule has 1 heterocycles. The molecule has 0 unspecified atom stereocenters. The fourth-order valence-electron chi connectivity index (χ4n) is 2.38. The molecule has 1 aliphatic heterocycles. The number of rotatable bonds is 9. The average Bonchev–Trinajstić information content (AvgIpc) is 2.81. The summed E-state index contributed by atoms with van der Waals surface area (Å²) >= 11 is 0. The molecule has 1 saturated heterocycles. The number of hydrazine groups is 1. The average molecular weight is 257 g/mol. The van der Waals surface area contributed by atoms with E-state index in [4.69, 9.17) is 0 Å². The lowest BCUT2D eigenvalue weighted by Gasteiger charge is -2.14. The highest BCUT2D eigenvalue weighted by molar-refractivity contribution is 5.77. The quantitative estimate of drug-likeness (QED) is 0.379. The molecule has 1 aliphatic rings. The van der Waals surface area contributed by atoms with Gasteiger partial charge in [0.2, 0.25) is 5.91 Å². The van der Waals surface area contributed by atoms with Crippen molar-refractivity contribution < 1.29 is 4.79 Å². The summed E-state index contributed by atoms with van der Waals surface area (Å²) in [7, 11) is 0. The van der Waals surface area contributed by atoms with Gasteiger partial charge in [0.05, 0.1) is 0 Å². The molecule has 18 heavy (non-hydrogen) atoms. The summed E-state index contributed by atoms with van der Waals surface area (Å²) in [6.45, 7) is 4.27. The molecule has 4 nitrogen and oxygen atoms in total. The normalized spacial score (nSPS) is 14.6. The molecule has 0 aromatic rings. The second-order valence-corrected chi connectivity index (χ2v) is 4.96. The Morgan fingerprint density at radius 3 is 2.06 bits per heavy atom. The predicted molar refractivity (Wildman–Crippen MR) is 76.8 cm³/mol. The maximum absolute atomic E-state index is 11.3. The summed E-state index contributed by atoms with van der Waals surface area (Å²) in [5.41, 5.74) is 0. The number of carbonyl (C=O) groups is 1. The van der Waals surface area contributed by atoms with E-state index in [1.807, 2.05) is 4.90 Å². The molecule has 4 heteroatoms. The molecule has 0 saturated carbocycles. The second kappa shape index (κ2) is 12.8. The monoisotopic (exact) mass is 257 g/mol. The Labute approximate surface area is 112 Å². The SMILES string of the molecule is CCCCCCCCCCN1CCCC1=O.NN. The molecule has 1 fully saturated rings. The van der Waals surface area contributed by atoms with E-state index in [2.05, 4.69) is 18.6 Å². The number of likely N-dealkylation sites (tertiary alicyclic amines) is 1. The minimum absolute atomic E-state index is 0.378. The lowest BCUT2D eigenvalue weighted by Crippen LogP contribution is -2.25. The minimum atomic E-state index is 0.378. The molecule has 1 rings (SSSR count). The summed E-state index contributed by atoms with van der Waals surface area (Å²) in [5, 5.41) is 0. The highest BCUT2D eigenvalue weighted by Gasteiger charge is 2.18. The van der Waals surface area contributed by atoms with Crippen LogP contribution < -0.4 is 11.7 Å². The van der Waals surface area contributed by atoms with Gasteiger partial charge < -0.3 is 4.90 Å². The van der Waals surface area contributed by atoms with Crippen molar-refractivity contribution in [1.82, 2.24) is 4.90 Å². The molecule has 108 valence electrons. The lowest BCUT2D eigenvalue weighted by molar-refractivity contribution is -0.127. The van der Waals surface area contributed by atoms with Crippen LogP contribution in [0.15, 0.2) is 0 Å². The molecular weight excluding hydrogens is 226 g/mol. The van der Waals surface area contributed by atoms with Crippen LogP contribution in [0.4, 0.5) is 0 Å². The number of nitrogens with two attached hydrogens (primary N) is 2. The second-order valence-electron chi connectivity index (χ2n) is 4.96. The van der Waals surface area contributed by atoms with Crippen molar-refractivity contribution in [1.29, 1.82) is 0 Å². The smallest absolute Gasteiger partial charge is 0.222 e. The Balaban J connectivity index is 0.00000137. The summed E-state index contributed by atoms with van der Waals surface area (Å²) in [5.74, 6) is 8.38. The van der Waals surface area contributed by atoms with E-state index in [-0.39, 0.29) is 0 Å². The first kappa shape index (κ1) is 17.4. The third kappa shape index (κ3) is 8.48. The summed E-state index contributed by atoms with van der Waals surface area (Å²) in [6, 6.07) is 0. The Bertz CT molecular complexity index is 197. The maximum Gasteiger partial charge on any atom is 0.222 e. The highest BCUT2D eigenvalue weighted by atomic mass is 16.2. The van der Waals surface area contributed by atoms with Crippen molar-refractivity contribution in [3.8, 4) is 0 Å². The van der Waals surface area contributed by atoms with Crippen LogP contribution in [0.3, 0.4) is 0 Å². The number of amides is 1. The zero-order chi connectivity index (χ0) is 13.6. The van der Waals surface area contributed by atoms with Crippen molar-refractivity contribution in [2.24, 2.45) is 11.7 Å². The number of nitrogens with zero attached hydrogens (tertiary/aromatic N) is 1. The van der Waals surface area contributed by atoms with E-state index >= 15 is 0 Å². The van der Waals surface area contributed by atoms with E-state index in [1.165, 1.54) is 51.4 Å². The van der Waals surface area contributed by atoms with Gasteiger partial charge in [0.15, 0.2) is 0 Å². The molecule has 0 radical (unpaired) electrons. The molecule has 0 aromatic heterocycles. The standard InChI is InChI=1S/C14H27NO.H4N2/c1-2-3-4-5-6-7-8-9-12-15-13-10-11-14(15)16;1-2/h2-13H2,1H3;1-2H2. The fraction of sp³-hybridized carbons (Fsp3) is 0.929. The van der Waals surface area contributed by atoms with Gasteiger partial charge >= 0.3 is 0 Å². The first-order chi connectivity index (χ1) is 8.84. The summed E-state index contributed by atoms with van der Waals surface area (Å²) in [6.07, 6.45) is 12.6. The lowest BCUT2D eigenvalue weighted by atomic mass is 10.1. The molecule has 4 N–H and O–H groups in total. The van der Waals surface area contributed by atoms with Crippen LogP contribution in [0.25, 0.3) is 0 Å². The zero-order valence-electron chi connectivity index (χ0n) is 12.0. The third-order valence-electron chi connectivity index (χ3n) is 3.45. The van der Waals surface area contributed by atoms with Crippen LogP contribution in [0.1, 0.15) is 71.1 Å². The van der Waals surface area contributed by atoms with Gasteiger partial charge in [-0.1, -0.05) is 51.9 Å². The Morgan fingerprint density at radius 2 is 1.56 bits per heavy atom.